The van der Waals surface area contributed by atoms with Gasteiger partial charge in [0.2, 0.25) is 5.95 Å². The van der Waals surface area contributed by atoms with E-state index >= 15 is 0 Å². The van der Waals surface area contributed by atoms with E-state index in [2.05, 4.69) is 10.3 Å². The number of carbonyl (C=O) groups excluding carboxylic acids is 2. The van der Waals surface area contributed by atoms with E-state index in [0.29, 0.717) is 43.1 Å². The summed E-state index contributed by atoms with van der Waals surface area (Å²) in [5, 5.41) is 2.89. The number of aromatic nitrogens is 2. The van der Waals surface area contributed by atoms with Crippen molar-refractivity contribution in [2.45, 2.75) is 19.9 Å². The van der Waals surface area contributed by atoms with Crippen LogP contribution in [0.3, 0.4) is 0 Å². The average Bonchev–Trinajstić information content (AvgIpc) is 2.66. The van der Waals surface area contributed by atoms with Gasteiger partial charge in [0, 0.05) is 37.0 Å². The number of anilines is 1. The number of imide groups is 1. The summed E-state index contributed by atoms with van der Waals surface area (Å²) in [6.07, 6.45) is 1.81. The topological polar surface area (TPSA) is 87.5 Å². The molecule has 0 saturated heterocycles. The van der Waals surface area contributed by atoms with Crippen molar-refractivity contribution in [3.63, 3.8) is 0 Å². The summed E-state index contributed by atoms with van der Waals surface area (Å²) in [4.78, 5) is 44.5. The Morgan fingerprint density at radius 2 is 2.00 bits per heavy atom. The standard InChI is InChI=1S/C15H19N5O3/c1-9-8-16-15-17-11-10(4-5-20(15)12(9)21)13(22)19(14(11)23)7-6-18(2)3/h8H,4-7H2,1-3H3,(H,16,17). The third-order valence-electron chi connectivity index (χ3n) is 4.08. The van der Waals surface area contributed by atoms with Crippen molar-refractivity contribution in [1.82, 2.24) is 19.4 Å². The molecule has 0 aliphatic carbocycles. The van der Waals surface area contributed by atoms with Crippen molar-refractivity contribution in [3.05, 3.63) is 33.4 Å². The summed E-state index contributed by atoms with van der Waals surface area (Å²) in [5.41, 5.74) is 1.04. The number of hydrogen-bond donors (Lipinski definition) is 1. The molecule has 0 unspecified atom stereocenters. The zero-order chi connectivity index (χ0) is 16.7. The summed E-state index contributed by atoms with van der Waals surface area (Å²) in [5.74, 6) is -0.326. The molecule has 3 heterocycles. The van der Waals surface area contributed by atoms with E-state index < -0.39 is 0 Å². The van der Waals surface area contributed by atoms with Gasteiger partial charge in [0.15, 0.2) is 0 Å². The van der Waals surface area contributed by atoms with Crippen LogP contribution >= 0.6 is 0 Å². The molecule has 0 saturated carbocycles. The van der Waals surface area contributed by atoms with Crippen LogP contribution in [0.5, 0.6) is 0 Å². The van der Waals surface area contributed by atoms with Crippen molar-refractivity contribution in [1.29, 1.82) is 0 Å². The zero-order valence-electron chi connectivity index (χ0n) is 13.4. The fraction of sp³-hybridized carbons (Fsp3) is 0.467. The van der Waals surface area contributed by atoms with Crippen LogP contribution < -0.4 is 10.9 Å². The molecule has 0 fully saturated rings. The number of nitrogens with one attached hydrogen (secondary N) is 1. The number of carbonyl (C=O) groups is 2. The van der Waals surface area contributed by atoms with Crippen LogP contribution in [0.2, 0.25) is 0 Å². The first-order valence-corrected chi connectivity index (χ1v) is 7.47. The van der Waals surface area contributed by atoms with Crippen LogP contribution in [-0.2, 0) is 16.1 Å². The second-order valence-electron chi connectivity index (χ2n) is 6.02. The molecule has 2 aliphatic heterocycles. The first-order chi connectivity index (χ1) is 10.9. The van der Waals surface area contributed by atoms with Gasteiger partial charge >= 0.3 is 0 Å². The predicted octanol–water partition coefficient (Wildman–Crippen LogP) is -0.448. The Kier molecular flexibility index (Phi) is 3.77. The maximum absolute atomic E-state index is 12.5. The van der Waals surface area contributed by atoms with Crippen LogP contribution in [0.15, 0.2) is 22.3 Å². The average molecular weight is 317 g/mol. The normalized spacial score (nSPS) is 17.3. The third-order valence-corrected chi connectivity index (χ3v) is 4.08. The van der Waals surface area contributed by atoms with Crippen LogP contribution in [0.4, 0.5) is 5.95 Å². The molecule has 8 nitrogen and oxygen atoms in total. The van der Waals surface area contributed by atoms with Crippen molar-refractivity contribution in [2.24, 2.45) is 0 Å². The number of rotatable bonds is 3. The first-order valence-electron chi connectivity index (χ1n) is 7.47. The van der Waals surface area contributed by atoms with Crippen molar-refractivity contribution >= 4 is 17.8 Å². The van der Waals surface area contributed by atoms with Gasteiger partial charge in [-0.3, -0.25) is 23.9 Å². The van der Waals surface area contributed by atoms with Gasteiger partial charge in [0.05, 0.1) is 0 Å². The molecule has 0 radical (unpaired) electrons. The maximum atomic E-state index is 12.5. The highest BCUT2D eigenvalue weighted by Crippen LogP contribution is 2.27. The molecule has 0 spiro atoms. The minimum absolute atomic E-state index is 0.159. The molecule has 0 bridgehead atoms. The molecule has 23 heavy (non-hydrogen) atoms. The SMILES string of the molecule is Cc1cnc2n(c1=O)CCC1=C(N2)C(=O)N(CCN(C)C)C1=O. The highest BCUT2D eigenvalue weighted by Gasteiger charge is 2.39. The van der Waals surface area contributed by atoms with E-state index in [-0.39, 0.29) is 23.1 Å². The smallest absolute Gasteiger partial charge is 0.277 e. The Labute approximate surface area is 133 Å². The van der Waals surface area contributed by atoms with Gasteiger partial charge in [-0.1, -0.05) is 0 Å². The first kappa shape index (κ1) is 15.4. The number of hydrogen-bond acceptors (Lipinski definition) is 6. The molecule has 1 aromatic heterocycles. The number of nitrogens with zero attached hydrogens (tertiary/aromatic N) is 4. The van der Waals surface area contributed by atoms with E-state index in [4.69, 9.17) is 0 Å². The Balaban J connectivity index is 1.91. The van der Waals surface area contributed by atoms with E-state index in [0.717, 1.165) is 0 Å². The van der Waals surface area contributed by atoms with Gasteiger partial charge in [-0.2, -0.15) is 0 Å². The second kappa shape index (κ2) is 5.62. The Hall–Kier alpha value is -2.48. The lowest BCUT2D eigenvalue weighted by atomic mass is 10.1. The van der Waals surface area contributed by atoms with Crippen molar-refractivity contribution in [3.8, 4) is 0 Å². The lowest BCUT2D eigenvalue weighted by molar-refractivity contribution is -0.137. The van der Waals surface area contributed by atoms with Gasteiger partial charge in [-0.05, 0) is 27.4 Å². The molecule has 1 aromatic rings. The molecule has 122 valence electrons. The molecule has 3 rings (SSSR count). The van der Waals surface area contributed by atoms with Crippen LogP contribution in [0.1, 0.15) is 12.0 Å². The van der Waals surface area contributed by atoms with Crippen molar-refractivity contribution in [2.75, 3.05) is 32.5 Å². The highest BCUT2D eigenvalue weighted by atomic mass is 16.2. The Bertz CT molecular complexity index is 778. The minimum atomic E-state index is -0.352. The summed E-state index contributed by atoms with van der Waals surface area (Å²) >= 11 is 0. The second-order valence-corrected chi connectivity index (χ2v) is 6.02. The Morgan fingerprint density at radius 3 is 2.70 bits per heavy atom. The van der Waals surface area contributed by atoms with Gasteiger partial charge in [-0.15, -0.1) is 0 Å². The summed E-state index contributed by atoms with van der Waals surface area (Å²) < 4.78 is 1.47. The van der Waals surface area contributed by atoms with Crippen molar-refractivity contribution < 1.29 is 9.59 Å². The summed E-state index contributed by atoms with van der Waals surface area (Å²) in [6, 6.07) is 0. The van der Waals surface area contributed by atoms with Crippen LogP contribution in [0.25, 0.3) is 0 Å². The van der Waals surface area contributed by atoms with Crippen LogP contribution in [0, 0.1) is 6.92 Å². The molecule has 0 aromatic carbocycles. The molecular weight excluding hydrogens is 298 g/mol. The molecule has 8 heteroatoms. The monoisotopic (exact) mass is 317 g/mol. The molecular formula is C15H19N5O3. The van der Waals surface area contributed by atoms with Gasteiger partial charge in [0.1, 0.15) is 5.70 Å². The third kappa shape index (κ3) is 2.55. The van der Waals surface area contributed by atoms with E-state index in [1.165, 1.54) is 15.7 Å². The van der Waals surface area contributed by atoms with Gasteiger partial charge in [0.25, 0.3) is 17.4 Å². The molecule has 0 atom stereocenters. The fourth-order valence-electron chi connectivity index (χ4n) is 2.72. The Morgan fingerprint density at radius 1 is 1.26 bits per heavy atom. The summed E-state index contributed by atoms with van der Waals surface area (Å²) in [7, 11) is 3.77. The predicted molar refractivity (Wildman–Crippen MR) is 83.8 cm³/mol. The number of amides is 2. The maximum Gasteiger partial charge on any atom is 0.277 e. The highest BCUT2D eigenvalue weighted by molar-refractivity contribution is 6.20. The molecule has 2 amide bonds. The largest absolute Gasteiger partial charge is 0.321 e. The summed E-state index contributed by atoms with van der Waals surface area (Å²) in [6.45, 7) is 2.96. The van der Waals surface area contributed by atoms with Gasteiger partial charge < -0.3 is 10.2 Å². The fourth-order valence-corrected chi connectivity index (χ4v) is 2.72. The van der Waals surface area contributed by atoms with Gasteiger partial charge in [-0.25, -0.2) is 4.98 Å². The lowest BCUT2D eigenvalue weighted by Crippen LogP contribution is -2.38. The van der Waals surface area contributed by atoms with E-state index in [1.54, 1.807) is 6.92 Å². The lowest BCUT2D eigenvalue weighted by Gasteiger charge is -2.19. The number of likely N-dealkylation sites (N-methyl/N-ethyl adjacent to an activating group) is 1. The quantitative estimate of drug-likeness (QED) is 0.760. The molecule has 1 N–H and O–H groups in total. The number of fused-ring (bicyclic) bond motifs is 1. The molecule has 2 aliphatic rings. The zero-order valence-corrected chi connectivity index (χ0v) is 13.4. The van der Waals surface area contributed by atoms with E-state index in [1.807, 2.05) is 19.0 Å². The van der Waals surface area contributed by atoms with E-state index in [9.17, 15) is 14.4 Å². The minimum Gasteiger partial charge on any atom is -0.321 e. The van der Waals surface area contributed by atoms with Crippen LogP contribution in [-0.4, -0.2) is 58.4 Å². The number of aryl methyl sites for hydroxylation is 1.